The van der Waals surface area contributed by atoms with Crippen LogP contribution in [-0.2, 0) is 0 Å². The molecule has 0 saturated carbocycles. The minimum absolute atomic E-state index is 0.735. The third-order valence-corrected chi connectivity index (χ3v) is 4.58. The van der Waals surface area contributed by atoms with E-state index in [4.69, 9.17) is 23.2 Å². The predicted octanol–water partition coefficient (Wildman–Crippen LogP) is 6.88. The second kappa shape index (κ2) is 6.27. The van der Waals surface area contributed by atoms with E-state index in [9.17, 15) is 0 Å². The molecule has 3 heteroatoms. The highest BCUT2D eigenvalue weighted by atomic mass is 35.5. The Kier molecular flexibility index (Phi) is 3.97. The summed E-state index contributed by atoms with van der Waals surface area (Å²) in [4.78, 5) is 4.49. The number of hydrogen-bond acceptors (Lipinski definition) is 1. The van der Waals surface area contributed by atoms with Crippen LogP contribution in [0.3, 0.4) is 0 Å². The van der Waals surface area contributed by atoms with Crippen LogP contribution in [-0.4, -0.2) is 4.98 Å². The van der Waals surface area contributed by atoms with E-state index < -0.39 is 0 Å². The smallest absolute Gasteiger partial charge is 0.0708 e. The highest BCUT2D eigenvalue weighted by molar-refractivity contribution is 6.31. The fourth-order valence-electron chi connectivity index (χ4n) is 2.85. The van der Waals surface area contributed by atoms with Gasteiger partial charge in [0.15, 0.2) is 0 Å². The molecule has 4 aromatic rings. The summed E-state index contributed by atoms with van der Waals surface area (Å²) in [5.74, 6) is 0. The lowest BCUT2D eigenvalue weighted by molar-refractivity contribution is 1.41. The molecule has 1 heterocycles. The summed E-state index contributed by atoms with van der Waals surface area (Å²) in [7, 11) is 0. The van der Waals surface area contributed by atoms with Crippen molar-refractivity contribution in [3.8, 4) is 22.3 Å². The van der Waals surface area contributed by atoms with Crippen molar-refractivity contribution in [2.24, 2.45) is 0 Å². The second-order valence-corrected chi connectivity index (χ2v) is 6.48. The molecule has 1 nitrogen and oxygen atoms in total. The summed E-state index contributed by atoms with van der Waals surface area (Å²) < 4.78 is 0. The Hall–Kier alpha value is -2.35. The molecular weight excluding hydrogens is 337 g/mol. The van der Waals surface area contributed by atoms with Crippen LogP contribution in [0.1, 0.15) is 0 Å². The third kappa shape index (κ3) is 2.89. The predicted molar refractivity (Wildman–Crippen MR) is 103 cm³/mol. The molecule has 4 rings (SSSR count). The lowest BCUT2D eigenvalue weighted by Crippen LogP contribution is -1.86. The fourth-order valence-corrected chi connectivity index (χ4v) is 3.10. The van der Waals surface area contributed by atoms with Gasteiger partial charge in [-0.05, 0) is 64.7 Å². The summed E-state index contributed by atoms with van der Waals surface area (Å²) in [5.41, 5.74) is 5.52. The molecule has 0 unspecified atom stereocenters. The van der Waals surface area contributed by atoms with Crippen LogP contribution in [0.4, 0.5) is 0 Å². The quantitative estimate of drug-likeness (QED) is 0.384. The molecule has 0 aliphatic rings. The van der Waals surface area contributed by atoms with Crippen molar-refractivity contribution < 1.29 is 0 Å². The van der Waals surface area contributed by atoms with E-state index in [0.717, 1.165) is 43.2 Å². The van der Waals surface area contributed by atoms with Crippen molar-refractivity contribution in [3.05, 3.63) is 89.0 Å². The Labute approximate surface area is 150 Å². The molecule has 0 N–H and O–H groups in total. The zero-order valence-electron chi connectivity index (χ0n) is 12.7. The van der Waals surface area contributed by atoms with Crippen molar-refractivity contribution >= 4 is 34.1 Å². The van der Waals surface area contributed by atoms with Crippen molar-refractivity contribution in [1.29, 1.82) is 0 Å². The van der Waals surface area contributed by atoms with Gasteiger partial charge in [-0.3, -0.25) is 4.98 Å². The lowest BCUT2D eigenvalue weighted by Gasteiger charge is -2.09. The Bertz CT molecular complexity index is 1010. The molecule has 0 saturated heterocycles. The van der Waals surface area contributed by atoms with Crippen LogP contribution < -0.4 is 0 Å². The maximum Gasteiger partial charge on any atom is 0.0708 e. The molecule has 0 atom stereocenters. The summed E-state index contributed by atoms with van der Waals surface area (Å²) in [6.07, 6.45) is 1.84. The van der Waals surface area contributed by atoms with Gasteiger partial charge in [0.1, 0.15) is 0 Å². The molecule has 24 heavy (non-hydrogen) atoms. The number of fused-ring (bicyclic) bond motifs is 1. The first-order valence-corrected chi connectivity index (χ1v) is 8.37. The van der Waals surface area contributed by atoms with Gasteiger partial charge in [0.05, 0.1) is 5.52 Å². The molecule has 0 bridgehead atoms. The first-order chi connectivity index (χ1) is 11.7. The molecule has 3 aromatic carbocycles. The average Bonchev–Trinajstić information content (AvgIpc) is 2.62. The minimum atomic E-state index is 0.735. The van der Waals surface area contributed by atoms with Gasteiger partial charge in [-0.15, -0.1) is 0 Å². The third-order valence-electron chi connectivity index (χ3n) is 4.07. The van der Waals surface area contributed by atoms with E-state index in [0.29, 0.717) is 0 Å². The van der Waals surface area contributed by atoms with Crippen molar-refractivity contribution in [1.82, 2.24) is 4.98 Å². The molecule has 0 radical (unpaired) electrons. The molecule has 0 aliphatic heterocycles. The van der Waals surface area contributed by atoms with E-state index in [1.165, 1.54) is 0 Å². The van der Waals surface area contributed by atoms with Gasteiger partial charge in [0, 0.05) is 21.6 Å². The van der Waals surface area contributed by atoms with Gasteiger partial charge in [-0.2, -0.15) is 0 Å². The largest absolute Gasteiger partial charge is 0.256 e. The van der Waals surface area contributed by atoms with E-state index in [1.54, 1.807) is 0 Å². The number of benzene rings is 3. The van der Waals surface area contributed by atoms with Gasteiger partial charge in [0.25, 0.3) is 0 Å². The first kappa shape index (κ1) is 15.2. The van der Waals surface area contributed by atoms with Gasteiger partial charge >= 0.3 is 0 Å². The number of hydrogen-bond donors (Lipinski definition) is 0. The Balaban J connectivity index is 1.90. The van der Waals surface area contributed by atoms with Gasteiger partial charge in [-0.1, -0.05) is 53.5 Å². The molecule has 1 aromatic heterocycles. The monoisotopic (exact) mass is 349 g/mol. The number of halogens is 2. The molecular formula is C21H13Cl2N. The van der Waals surface area contributed by atoms with Crippen molar-refractivity contribution in [3.63, 3.8) is 0 Å². The second-order valence-electron chi connectivity index (χ2n) is 5.60. The minimum Gasteiger partial charge on any atom is -0.256 e. The number of aromatic nitrogens is 1. The standard InChI is InChI=1S/C21H13Cl2N/c22-17-6-1-14(2-7-17)16-5-10-21-20(13-16)19(11-12-24-21)15-3-8-18(23)9-4-15/h1-13H. The van der Waals surface area contributed by atoms with E-state index in [-0.39, 0.29) is 0 Å². The van der Waals surface area contributed by atoms with Crippen LogP contribution in [0.25, 0.3) is 33.2 Å². The topological polar surface area (TPSA) is 12.9 Å². The van der Waals surface area contributed by atoms with Crippen LogP contribution in [0, 0.1) is 0 Å². The summed E-state index contributed by atoms with van der Waals surface area (Å²) in [6, 6.07) is 24.1. The number of rotatable bonds is 2. The van der Waals surface area contributed by atoms with Gasteiger partial charge in [0.2, 0.25) is 0 Å². The zero-order valence-corrected chi connectivity index (χ0v) is 14.2. The maximum absolute atomic E-state index is 6.01. The molecule has 0 spiro atoms. The SMILES string of the molecule is Clc1ccc(-c2ccc3nccc(-c4ccc(Cl)cc4)c3c2)cc1. The molecule has 0 aliphatic carbocycles. The normalized spacial score (nSPS) is 10.9. The Morgan fingerprint density at radius 3 is 1.83 bits per heavy atom. The van der Waals surface area contributed by atoms with E-state index in [2.05, 4.69) is 23.2 Å². The molecule has 0 amide bonds. The van der Waals surface area contributed by atoms with Crippen LogP contribution in [0.2, 0.25) is 10.0 Å². The average molecular weight is 350 g/mol. The van der Waals surface area contributed by atoms with Crippen LogP contribution >= 0.6 is 23.2 Å². The lowest BCUT2D eigenvalue weighted by atomic mass is 9.97. The van der Waals surface area contributed by atoms with Crippen molar-refractivity contribution in [2.75, 3.05) is 0 Å². The molecule has 116 valence electrons. The van der Waals surface area contributed by atoms with E-state index in [1.807, 2.05) is 60.8 Å². The van der Waals surface area contributed by atoms with Crippen LogP contribution in [0.15, 0.2) is 79.0 Å². The Morgan fingerprint density at radius 2 is 1.17 bits per heavy atom. The number of pyridine rings is 1. The highest BCUT2D eigenvalue weighted by Crippen LogP contribution is 2.32. The first-order valence-electron chi connectivity index (χ1n) is 7.61. The van der Waals surface area contributed by atoms with Crippen LogP contribution in [0.5, 0.6) is 0 Å². The summed E-state index contributed by atoms with van der Waals surface area (Å²) in [5, 5.41) is 2.59. The van der Waals surface area contributed by atoms with Crippen molar-refractivity contribution in [2.45, 2.75) is 0 Å². The summed E-state index contributed by atoms with van der Waals surface area (Å²) in [6.45, 7) is 0. The van der Waals surface area contributed by atoms with Gasteiger partial charge in [-0.25, -0.2) is 0 Å². The highest BCUT2D eigenvalue weighted by Gasteiger charge is 2.07. The van der Waals surface area contributed by atoms with Gasteiger partial charge < -0.3 is 0 Å². The van der Waals surface area contributed by atoms with E-state index >= 15 is 0 Å². The Morgan fingerprint density at radius 1 is 0.583 bits per heavy atom. The summed E-state index contributed by atoms with van der Waals surface area (Å²) >= 11 is 12.0. The fraction of sp³-hybridized carbons (Fsp3) is 0. The molecule has 0 fully saturated rings. The number of nitrogens with zero attached hydrogens (tertiary/aromatic N) is 1. The maximum atomic E-state index is 6.01. The zero-order chi connectivity index (χ0) is 16.5.